The van der Waals surface area contributed by atoms with Gasteiger partial charge < -0.3 is 5.11 Å². The number of likely N-dealkylation sites (tertiary alicyclic amines) is 1. The molecule has 1 aromatic carbocycles. The lowest BCUT2D eigenvalue weighted by Gasteiger charge is -2.40. The molecule has 0 unspecified atom stereocenters. The summed E-state index contributed by atoms with van der Waals surface area (Å²) in [6, 6.07) is 6.50. The minimum Gasteiger partial charge on any atom is -0.492 e. The van der Waals surface area contributed by atoms with Crippen molar-refractivity contribution in [3.05, 3.63) is 46.3 Å². The quantitative estimate of drug-likeness (QED) is 0.753. The SMILES string of the molecule is Cc1nc2sc([C@@H](c3ccccc3F)N3C[C@H](C)C[C@H](C)C3)c(O)n2n1. The van der Waals surface area contributed by atoms with E-state index >= 15 is 0 Å². The second-order valence-electron chi connectivity index (χ2n) is 7.47. The molecule has 1 saturated heterocycles. The molecule has 7 heteroatoms. The van der Waals surface area contributed by atoms with Gasteiger partial charge in [0, 0.05) is 18.7 Å². The van der Waals surface area contributed by atoms with Crippen molar-refractivity contribution >= 4 is 16.3 Å². The van der Waals surface area contributed by atoms with Gasteiger partial charge in [-0.1, -0.05) is 43.4 Å². The van der Waals surface area contributed by atoms with Crippen LogP contribution in [-0.2, 0) is 0 Å². The Hall–Kier alpha value is -1.99. The molecule has 5 nitrogen and oxygen atoms in total. The number of fused-ring (bicyclic) bond motifs is 1. The topological polar surface area (TPSA) is 53.7 Å². The molecule has 1 fully saturated rings. The third-order valence-corrected chi connectivity index (χ3v) is 6.09. The number of aromatic nitrogens is 3. The predicted molar refractivity (Wildman–Crippen MR) is 100 cm³/mol. The zero-order chi connectivity index (χ0) is 18.4. The van der Waals surface area contributed by atoms with Crippen molar-refractivity contribution in [1.82, 2.24) is 19.5 Å². The van der Waals surface area contributed by atoms with Crippen LogP contribution in [0.3, 0.4) is 0 Å². The number of hydrogen-bond donors (Lipinski definition) is 1. The lowest BCUT2D eigenvalue weighted by Crippen LogP contribution is -2.41. The van der Waals surface area contributed by atoms with Gasteiger partial charge in [0.1, 0.15) is 11.6 Å². The van der Waals surface area contributed by atoms with E-state index in [-0.39, 0.29) is 17.7 Å². The predicted octanol–water partition coefficient (Wildman–Crippen LogP) is 4.01. The fourth-order valence-corrected chi connectivity index (χ4v) is 5.30. The van der Waals surface area contributed by atoms with E-state index in [1.54, 1.807) is 13.0 Å². The number of halogens is 1. The molecular formula is C19H23FN4OS. The van der Waals surface area contributed by atoms with Crippen LogP contribution in [0, 0.1) is 24.6 Å². The second kappa shape index (κ2) is 6.63. The Labute approximate surface area is 156 Å². The second-order valence-corrected chi connectivity index (χ2v) is 8.48. The summed E-state index contributed by atoms with van der Waals surface area (Å²) in [4.78, 5) is 7.99. The Morgan fingerprint density at radius 1 is 1.23 bits per heavy atom. The lowest BCUT2D eigenvalue weighted by atomic mass is 9.89. The number of nitrogens with zero attached hydrogens (tertiary/aromatic N) is 4. The van der Waals surface area contributed by atoms with E-state index in [9.17, 15) is 9.50 Å². The van der Waals surface area contributed by atoms with Gasteiger partial charge in [-0.05, 0) is 31.2 Å². The average Bonchev–Trinajstić information content (AvgIpc) is 3.07. The number of piperidine rings is 1. The number of rotatable bonds is 3. The number of aromatic hydroxyl groups is 1. The summed E-state index contributed by atoms with van der Waals surface area (Å²) < 4.78 is 16.2. The molecule has 4 rings (SSSR count). The van der Waals surface area contributed by atoms with Crippen LogP contribution >= 0.6 is 11.3 Å². The van der Waals surface area contributed by atoms with Gasteiger partial charge in [-0.25, -0.2) is 9.37 Å². The molecule has 1 aliphatic heterocycles. The van der Waals surface area contributed by atoms with Crippen LogP contribution in [0.25, 0.3) is 4.96 Å². The van der Waals surface area contributed by atoms with Crippen molar-refractivity contribution in [2.75, 3.05) is 13.1 Å². The van der Waals surface area contributed by atoms with Crippen molar-refractivity contribution in [3.8, 4) is 5.88 Å². The monoisotopic (exact) mass is 374 g/mol. The van der Waals surface area contributed by atoms with Crippen molar-refractivity contribution in [3.63, 3.8) is 0 Å². The lowest BCUT2D eigenvalue weighted by molar-refractivity contribution is 0.110. The van der Waals surface area contributed by atoms with E-state index in [0.29, 0.717) is 33.1 Å². The highest BCUT2D eigenvalue weighted by Crippen LogP contribution is 2.42. The standard InChI is InChI=1S/C19H23FN4OS/c1-11-8-12(2)10-23(9-11)16(14-6-4-5-7-15(14)20)17-18(25)24-19(26-17)21-13(3)22-24/h4-7,11-12,16,25H,8-10H2,1-3H3/t11-,12+,16-/m1/s1. The van der Waals surface area contributed by atoms with Crippen molar-refractivity contribution < 1.29 is 9.50 Å². The third kappa shape index (κ3) is 2.99. The van der Waals surface area contributed by atoms with Gasteiger partial charge in [0.05, 0.1) is 10.9 Å². The van der Waals surface area contributed by atoms with Crippen LogP contribution < -0.4 is 0 Å². The van der Waals surface area contributed by atoms with E-state index in [1.807, 2.05) is 12.1 Å². The van der Waals surface area contributed by atoms with Crippen LogP contribution in [0.4, 0.5) is 4.39 Å². The third-order valence-electron chi connectivity index (χ3n) is 5.02. The van der Waals surface area contributed by atoms with Gasteiger partial charge >= 0.3 is 0 Å². The van der Waals surface area contributed by atoms with Gasteiger partial charge in [-0.3, -0.25) is 4.90 Å². The molecule has 0 radical (unpaired) electrons. The van der Waals surface area contributed by atoms with Crippen LogP contribution in [0.2, 0.25) is 0 Å². The summed E-state index contributed by atoms with van der Waals surface area (Å²) in [5.74, 6) is 1.47. The summed E-state index contributed by atoms with van der Waals surface area (Å²) in [6.45, 7) is 7.99. The Bertz CT molecular complexity index is 927. The summed E-state index contributed by atoms with van der Waals surface area (Å²) in [5, 5.41) is 15.1. The molecule has 3 aromatic rings. The number of thiazole rings is 1. The molecule has 0 bridgehead atoms. The first kappa shape index (κ1) is 17.4. The van der Waals surface area contributed by atoms with Gasteiger partial charge in [0.15, 0.2) is 0 Å². The normalized spacial score (nSPS) is 22.8. The summed E-state index contributed by atoms with van der Waals surface area (Å²) in [7, 11) is 0. The molecule has 3 atom stereocenters. The van der Waals surface area contributed by atoms with Crippen molar-refractivity contribution in [1.29, 1.82) is 0 Å². The first-order chi connectivity index (χ1) is 12.4. The largest absolute Gasteiger partial charge is 0.492 e. The summed E-state index contributed by atoms with van der Waals surface area (Å²) >= 11 is 1.38. The van der Waals surface area contributed by atoms with Crippen molar-refractivity contribution in [2.45, 2.75) is 33.2 Å². The highest BCUT2D eigenvalue weighted by molar-refractivity contribution is 7.17. The number of hydrogen-bond acceptors (Lipinski definition) is 5. The smallest absolute Gasteiger partial charge is 0.230 e. The molecule has 1 aliphatic rings. The zero-order valence-corrected chi connectivity index (χ0v) is 16.0. The van der Waals surface area contributed by atoms with Crippen LogP contribution in [0.5, 0.6) is 5.88 Å². The average molecular weight is 374 g/mol. The molecule has 138 valence electrons. The molecule has 0 amide bonds. The highest BCUT2D eigenvalue weighted by Gasteiger charge is 2.34. The van der Waals surface area contributed by atoms with E-state index in [2.05, 4.69) is 28.8 Å². The molecule has 1 N–H and O–H groups in total. The molecular weight excluding hydrogens is 351 g/mol. The highest BCUT2D eigenvalue weighted by atomic mass is 32.1. The van der Waals surface area contributed by atoms with Gasteiger partial charge in [-0.2, -0.15) is 4.52 Å². The Morgan fingerprint density at radius 3 is 2.58 bits per heavy atom. The van der Waals surface area contributed by atoms with E-state index in [0.717, 1.165) is 13.1 Å². The van der Waals surface area contributed by atoms with Crippen LogP contribution in [-0.4, -0.2) is 37.7 Å². The Balaban J connectivity index is 1.85. The van der Waals surface area contributed by atoms with E-state index < -0.39 is 0 Å². The summed E-state index contributed by atoms with van der Waals surface area (Å²) in [5.41, 5.74) is 0.588. The van der Waals surface area contributed by atoms with Gasteiger partial charge in [0.2, 0.25) is 10.8 Å². The maximum absolute atomic E-state index is 14.7. The van der Waals surface area contributed by atoms with Gasteiger partial charge in [0.25, 0.3) is 0 Å². The van der Waals surface area contributed by atoms with E-state index in [4.69, 9.17) is 0 Å². The fraction of sp³-hybridized carbons (Fsp3) is 0.474. The number of aryl methyl sites for hydroxylation is 1. The molecule has 2 aromatic heterocycles. The molecule has 3 heterocycles. The van der Waals surface area contributed by atoms with Crippen molar-refractivity contribution in [2.24, 2.45) is 11.8 Å². The molecule has 26 heavy (non-hydrogen) atoms. The molecule has 0 aliphatic carbocycles. The molecule has 0 saturated carbocycles. The molecule has 0 spiro atoms. The Kier molecular flexibility index (Phi) is 4.44. The van der Waals surface area contributed by atoms with Crippen LogP contribution in [0.1, 0.15) is 42.6 Å². The zero-order valence-electron chi connectivity index (χ0n) is 15.2. The number of benzene rings is 1. The minimum atomic E-state index is -0.338. The first-order valence-electron chi connectivity index (χ1n) is 8.97. The maximum Gasteiger partial charge on any atom is 0.230 e. The Morgan fingerprint density at radius 2 is 1.92 bits per heavy atom. The maximum atomic E-state index is 14.7. The minimum absolute atomic E-state index is 0.0599. The summed E-state index contributed by atoms with van der Waals surface area (Å²) in [6.07, 6.45) is 1.17. The van der Waals surface area contributed by atoms with Crippen LogP contribution in [0.15, 0.2) is 24.3 Å². The van der Waals surface area contributed by atoms with E-state index in [1.165, 1.54) is 28.3 Å². The van der Waals surface area contributed by atoms with Gasteiger partial charge in [-0.15, -0.1) is 5.10 Å². The fourth-order valence-electron chi connectivity index (χ4n) is 4.15. The first-order valence-corrected chi connectivity index (χ1v) is 9.79.